The first-order chi connectivity index (χ1) is 17.3. The van der Waals surface area contributed by atoms with E-state index in [-0.39, 0.29) is 30.0 Å². The molecule has 1 aromatic heterocycles. The fourth-order valence-electron chi connectivity index (χ4n) is 3.56. The summed E-state index contributed by atoms with van der Waals surface area (Å²) in [5.74, 6) is -0.836. The van der Waals surface area contributed by atoms with E-state index in [9.17, 15) is 24.4 Å². The number of carboxylic acids is 1. The summed E-state index contributed by atoms with van der Waals surface area (Å²) in [4.78, 5) is 31.0. The summed E-state index contributed by atoms with van der Waals surface area (Å²) < 4.78 is 23.0. The quantitative estimate of drug-likeness (QED) is 0.220. The number of hydrogen-bond donors (Lipinski definition) is 4. The highest BCUT2D eigenvalue weighted by Gasteiger charge is 2.27. The van der Waals surface area contributed by atoms with Crippen LogP contribution in [0.15, 0.2) is 54.6 Å². The van der Waals surface area contributed by atoms with Crippen LogP contribution in [0.5, 0.6) is 5.75 Å². The number of nitriles is 1. The molecule has 0 fully saturated rings. The lowest BCUT2D eigenvalue weighted by atomic mass is 9.99. The highest BCUT2D eigenvalue weighted by Crippen LogP contribution is 2.38. The number of phosphoric ester groups is 1. The molecule has 37 heavy (non-hydrogen) atoms. The number of halogens is 1. The lowest BCUT2D eigenvalue weighted by molar-refractivity contribution is 0.0696. The van der Waals surface area contributed by atoms with E-state index in [0.29, 0.717) is 21.9 Å². The van der Waals surface area contributed by atoms with Gasteiger partial charge in [0.25, 0.3) is 0 Å². The highest BCUT2D eigenvalue weighted by atomic mass is 35.5. The van der Waals surface area contributed by atoms with Crippen molar-refractivity contribution in [3.05, 3.63) is 74.9 Å². The van der Waals surface area contributed by atoms with Gasteiger partial charge in [-0.05, 0) is 67.8 Å². The molecule has 0 bridgehead atoms. The van der Waals surface area contributed by atoms with Gasteiger partial charge in [0, 0.05) is 17.0 Å². The smallest absolute Gasteiger partial charge is 0.470 e. The third kappa shape index (κ3) is 8.95. The van der Waals surface area contributed by atoms with Crippen molar-refractivity contribution in [2.45, 2.75) is 31.9 Å². The maximum atomic E-state index is 11.6. The van der Waals surface area contributed by atoms with Gasteiger partial charge in [-0.1, -0.05) is 29.8 Å². The summed E-state index contributed by atoms with van der Waals surface area (Å²) in [6.45, 7) is 3.72. The number of nitrogens with zero attached hydrogens (tertiary/aromatic N) is 1. The summed E-state index contributed by atoms with van der Waals surface area (Å²) in [6, 6.07) is 16.9. The maximum Gasteiger partial charge on any atom is 0.470 e. The Morgan fingerprint density at radius 3 is 2.41 bits per heavy atom. The summed E-state index contributed by atoms with van der Waals surface area (Å²) in [5, 5.41) is 21.9. The fraction of sp³-hybridized carbons (Fsp3) is 0.280. The molecular weight excluding hydrogens is 539 g/mol. The van der Waals surface area contributed by atoms with Crippen molar-refractivity contribution in [3.8, 4) is 22.9 Å². The number of thiophene rings is 1. The zero-order valence-corrected chi connectivity index (χ0v) is 22.5. The number of benzene rings is 2. The minimum absolute atomic E-state index is 0.0649. The van der Waals surface area contributed by atoms with Gasteiger partial charge in [-0.2, -0.15) is 5.26 Å². The van der Waals surface area contributed by atoms with Gasteiger partial charge >= 0.3 is 13.8 Å². The first-order valence-electron chi connectivity index (χ1n) is 11.1. The minimum Gasteiger partial charge on any atom is -0.489 e. The van der Waals surface area contributed by atoms with Gasteiger partial charge in [0.05, 0.1) is 15.5 Å². The van der Waals surface area contributed by atoms with Crippen molar-refractivity contribution in [2.75, 3.05) is 13.2 Å². The van der Waals surface area contributed by atoms with Crippen LogP contribution in [0, 0.1) is 11.3 Å². The van der Waals surface area contributed by atoms with Gasteiger partial charge in [-0.25, -0.2) is 9.36 Å². The van der Waals surface area contributed by atoms with Crippen LogP contribution in [0.3, 0.4) is 0 Å². The molecule has 3 aromatic rings. The van der Waals surface area contributed by atoms with Crippen molar-refractivity contribution in [1.29, 1.82) is 5.26 Å². The number of carbonyl (C=O) groups is 1. The standard InChI is InChI=1S/C25H26ClN2O7PS/c1-25(2,12-21-9-10-23(26)37-21)28-14-20(35-36(31,32)33)15-34-22-11-18(7-8-19(22)13-27)16-3-5-17(6-4-16)24(29)30/h3-11,20,28H,12,14-15H2,1-2H3,(H,29,30)(H2,31,32,33)/t20-/m0/s1. The second kappa shape index (κ2) is 12.2. The molecule has 0 saturated heterocycles. The number of hydrogen-bond acceptors (Lipinski definition) is 7. The van der Waals surface area contributed by atoms with Crippen LogP contribution in [0.4, 0.5) is 0 Å². The third-order valence-electron chi connectivity index (χ3n) is 5.33. The lowest BCUT2D eigenvalue weighted by Gasteiger charge is -2.29. The monoisotopic (exact) mass is 564 g/mol. The van der Waals surface area contributed by atoms with Crippen molar-refractivity contribution < 1.29 is 33.5 Å². The summed E-state index contributed by atoms with van der Waals surface area (Å²) in [6.07, 6.45) is -0.396. The average molecular weight is 565 g/mol. The molecule has 0 radical (unpaired) electrons. The molecule has 196 valence electrons. The molecule has 3 rings (SSSR count). The molecule has 0 aliphatic heterocycles. The van der Waals surface area contributed by atoms with E-state index in [4.69, 9.17) is 26.0 Å². The van der Waals surface area contributed by atoms with Crippen LogP contribution in [-0.2, 0) is 15.5 Å². The van der Waals surface area contributed by atoms with Crippen LogP contribution >= 0.6 is 30.8 Å². The summed E-state index contributed by atoms with van der Waals surface area (Å²) in [7, 11) is -4.83. The van der Waals surface area contributed by atoms with Gasteiger partial charge in [0.1, 0.15) is 24.5 Å². The highest BCUT2D eigenvalue weighted by molar-refractivity contribution is 7.46. The Kier molecular flexibility index (Phi) is 9.51. The zero-order valence-electron chi connectivity index (χ0n) is 20.1. The van der Waals surface area contributed by atoms with Crippen molar-refractivity contribution in [1.82, 2.24) is 5.32 Å². The minimum atomic E-state index is -4.83. The molecule has 0 saturated carbocycles. The van der Waals surface area contributed by atoms with E-state index in [0.717, 1.165) is 4.88 Å². The van der Waals surface area contributed by atoms with Crippen molar-refractivity contribution >= 4 is 36.7 Å². The first-order valence-corrected chi connectivity index (χ1v) is 13.8. The van der Waals surface area contributed by atoms with Gasteiger partial charge in [0.15, 0.2) is 0 Å². The third-order valence-corrected chi connectivity index (χ3v) is 7.14. The summed E-state index contributed by atoms with van der Waals surface area (Å²) in [5.41, 5.74) is 1.31. The number of carboxylic acid groups (broad SMARTS) is 1. The lowest BCUT2D eigenvalue weighted by Crippen LogP contribution is -2.46. The zero-order chi connectivity index (χ0) is 27.2. The topological polar surface area (TPSA) is 149 Å². The second-order valence-electron chi connectivity index (χ2n) is 8.88. The summed E-state index contributed by atoms with van der Waals surface area (Å²) >= 11 is 7.47. The van der Waals surface area contributed by atoms with Crippen LogP contribution in [-0.4, -0.2) is 45.7 Å². The number of ether oxygens (including phenoxy) is 1. The molecule has 0 aliphatic rings. The van der Waals surface area contributed by atoms with Crippen LogP contribution in [0.25, 0.3) is 11.1 Å². The molecule has 0 spiro atoms. The van der Waals surface area contributed by atoms with E-state index in [1.807, 2.05) is 32.0 Å². The Balaban J connectivity index is 1.73. The van der Waals surface area contributed by atoms with E-state index < -0.39 is 25.4 Å². The molecule has 1 heterocycles. The fourth-order valence-corrected chi connectivity index (χ4v) is 5.40. The number of nitrogens with one attached hydrogen (secondary N) is 1. The van der Waals surface area contributed by atoms with E-state index in [1.54, 1.807) is 30.3 Å². The Morgan fingerprint density at radius 2 is 1.84 bits per heavy atom. The van der Waals surface area contributed by atoms with Crippen molar-refractivity contribution in [2.24, 2.45) is 0 Å². The van der Waals surface area contributed by atoms with Gasteiger partial charge in [-0.15, -0.1) is 11.3 Å². The van der Waals surface area contributed by atoms with Gasteiger partial charge in [-0.3, -0.25) is 4.52 Å². The second-order valence-corrected chi connectivity index (χ2v) is 11.9. The van der Waals surface area contributed by atoms with E-state index in [1.165, 1.54) is 23.5 Å². The van der Waals surface area contributed by atoms with Gasteiger partial charge in [0.2, 0.25) is 0 Å². The Bertz CT molecular complexity index is 1330. The molecule has 0 aliphatic carbocycles. The maximum absolute atomic E-state index is 11.6. The van der Waals surface area contributed by atoms with Gasteiger partial charge < -0.3 is 24.9 Å². The molecular formula is C25H26ClN2O7PS. The normalized spacial score (nSPS) is 12.6. The molecule has 2 aromatic carbocycles. The predicted molar refractivity (Wildman–Crippen MR) is 141 cm³/mol. The van der Waals surface area contributed by atoms with E-state index in [2.05, 4.69) is 5.32 Å². The van der Waals surface area contributed by atoms with Crippen LogP contribution in [0.2, 0.25) is 4.34 Å². The molecule has 0 amide bonds. The molecule has 9 nitrogen and oxygen atoms in total. The molecule has 12 heteroatoms. The van der Waals surface area contributed by atoms with Crippen LogP contribution in [0.1, 0.15) is 34.6 Å². The first kappa shape index (κ1) is 28.8. The molecule has 1 atom stereocenters. The largest absolute Gasteiger partial charge is 0.489 e. The SMILES string of the molecule is CC(C)(Cc1ccc(Cl)s1)NC[C@@H](COc1cc(-c2ccc(C(=O)O)cc2)ccc1C#N)OP(=O)(O)O. The number of aromatic carboxylic acids is 1. The van der Waals surface area contributed by atoms with E-state index >= 15 is 0 Å². The van der Waals surface area contributed by atoms with Crippen molar-refractivity contribution in [3.63, 3.8) is 0 Å². The number of rotatable bonds is 12. The Hall–Kier alpha value is -2.74. The Morgan fingerprint density at radius 1 is 1.16 bits per heavy atom. The average Bonchev–Trinajstić information content (AvgIpc) is 3.23. The molecule has 4 N–H and O–H groups in total. The predicted octanol–water partition coefficient (Wildman–Crippen LogP) is 5.11. The molecule has 0 unspecified atom stereocenters. The van der Waals surface area contributed by atoms with Crippen LogP contribution < -0.4 is 10.1 Å². The number of phosphoric acid groups is 1. The Labute approximate surface area is 223 Å².